The molecule has 1 N–H and O–H groups in total. The number of rotatable bonds is 3. The number of halogens is 2. The van der Waals surface area contributed by atoms with Crippen LogP contribution in [0.4, 0.5) is 4.39 Å². The summed E-state index contributed by atoms with van der Waals surface area (Å²) in [5.74, 6) is 0.910. The molecule has 1 unspecified atom stereocenters. The van der Waals surface area contributed by atoms with Gasteiger partial charge in [0, 0.05) is 25.7 Å². The molecule has 2 aromatic rings. The van der Waals surface area contributed by atoms with Crippen LogP contribution in [0.15, 0.2) is 28.8 Å². The molecule has 1 fully saturated rings. The zero-order chi connectivity index (χ0) is 15.5. The molecule has 1 aliphatic heterocycles. The first kappa shape index (κ1) is 17.6. The molecule has 0 bridgehead atoms. The first-order valence-electron chi connectivity index (χ1n) is 7.32. The van der Waals surface area contributed by atoms with Crippen molar-refractivity contribution < 1.29 is 8.91 Å². The maximum atomic E-state index is 13.0. The van der Waals surface area contributed by atoms with Gasteiger partial charge in [0.25, 0.3) is 5.89 Å². The van der Waals surface area contributed by atoms with Crippen molar-refractivity contribution in [2.24, 2.45) is 0 Å². The summed E-state index contributed by atoms with van der Waals surface area (Å²) in [6.07, 6.45) is 1.82. The highest BCUT2D eigenvalue weighted by atomic mass is 35.5. The van der Waals surface area contributed by atoms with Gasteiger partial charge < -0.3 is 9.84 Å². The number of hydrogen-bond acceptors (Lipinski definition) is 5. The fourth-order valence-corrected chi connectivity index (χ4v) is 2.52. The van der Waals surface area contributed by atoms with Crippen LogP contribution >= 0.6 is 12.4 Å². The summed E-state index contributed by atoms with van der Waals surface area (Å²) in [4.78, 5) is 6.67. The number of likely N-dealkylation sites (N-methyl/N-ethyl adjacent to an activating group) is 1. The Bertz CT molecular complexity index is 671. The van der Waals surface area contributed by atoms with Crippen molar-refractivity contribution in [1.82, 2.24) is 20.4 Å². The van der Waals surface area contributed by atoms with Crippen LogP contribution in [0.1, 0.15) is 30.2 Å². The molecule has 0 amide bonds. The third-order valence-corrected chi connectivity index (χ3v) is 3.91. The molecule has 1 aromatic heterocycles. The minimum atomic E-state index is -0.246. The lowest BCUT2D eigenvalue weighted by Gasteiger charge is -2.30. The van der Waals surface area contributed by atoms with Gasteiger partial charge in [-0.1, -0.05) is 17.3 Å². The summed E-state index contributed by atoms with van der Waals surface area (Å²) < 4.78 is 18.3. The van der Waals surface area contributed by atoms with Crippen molar-refractivity contribution in [3.05, 3.63) is 47.4 Å². The van der Waals surface area contributed by atoms with Crippen LogP contribution < -0.4 is 5.32 Å². The van der Waals surface area contributed by atoms with Gasteiger partial charge in [0.15, 0.2) is 5.82 Å². The minimum Gasteiger partial charge on any atom is -0.335 e. The van der Waals surface area contributed by atoms with Gasteiger partial charge >= 0.3 is 0 Å². The molecule has 1 atom stereocenters. The van der Waals surface area contributed by atoms with Crippen LogP contribution in [-0.2, 0) is 0 Å². The quantitative estimate of drug-likeness (QED) is 0.932. The van der Waals surface area contributed by atoms with Gasteiger partial charge in [-0.15, -0.1) is 12.4 Å². The molecule has 0 spiro atoms. The molecule has 0 saturated carbocycles. The molecule has 124 valence electrons. The minimum absolute atomic E-state index is 0. The fourth-order valence-electron chi connectivity index (χ4n) is 2.52. The van der Waals surface area contributed by atoms with E-state index >= 15 is 0 Å². The number of nitrogens with zero attached hydrogens (tertiary/aromatic N) is 3. The standard InChI is InChI=1S/C16H19FN4O.ClH/c1-11(12-3-5-13(17)6-4-12)9-15-19-16(20-22-15)14-10-18-7-8-21(14)2;/h3-6,9,14,18H,7-8,10H2,1-2H3;1H/b11-9-;. The summed E-state index contributed by atoms with van der Waals surface area (Å²) in [5.41, 5.74) is 1.88. The number of nitrogens with one attached hydrogen (secondary N) is 1. The molecular formula is C16H20ClFN4O. The molecule has 1 aliphatic rings. The zero-order valence-corrected chi connectivity index (χ0v) is 13.9. The lowest BCUT2D eigenvalue weighted by atomic mass is 10.1. The van der Waals surface area contributed by atoms with Crippen molar-refractivity contribution in [2.45, 2.75) is 13.0 Å². The van der Waals surface area contributed by atoms with Gasteiger partial charge in [-0.3, -0.25) is 4.90 Å². The van der Waals surface area contributed by atoms with Crippen molar-refractivity contribution in [3.63, 3.8) is 0 Å². The maximum absolute atomic E-state index is 13.0. The average Bonchev–Trinajstić information content (AvgIpc) is 2.96. The van der Waals surface area contributed by atoms with E-state index in [1.165, 1.54) is 12.1 Å². The Labute approximate surface area is 141 Å². The van der Waals surface area contributed by atoms with Crippen LogP contribution in [0.5, 0.6) is 0 Å². The molecule has 0 radical (unpaired) electrons. The summed E-state index contributed by atoms with van der Waals surface area (Å²) >= 11 is 0. The predicted molar refractivity (Wildman–Crippen MR) is 89.7 cm³/mol. The summed E-state index contributed by atoms with van der Waals surface area (Å²) in [6, 6.07) is 6.48. The number of aromatic nitrogens is 2. The Hall–Kier alpha value is -1.76. The van der Waals surface area contributed by atoms with Gasteiger partial charge in [-0.05, 0) is 37.2 Å². The molecule has 5 nitrogen and oxygen atoms in total. The first-order chi connectivity index (χ1) is 10.6. The SMILES string of the molecule is C/C(=C/c1nc(C2CNCCN2C)no1)c1ccc(F)cc1.Cl. The third kappa shape index (κ3) is 4.16. The molecular weight excluding hydrogens is 319 g/mol. The first-order valence-corrected chi connectivity index (χ1v) is 7.32. The van der Waals surface area contributed by atoms with Gasteiger partial charge in [0.2, 0.25) is 0 Å². The lowest BCUT2D eigenvalue weighted by molar-refractivity contribution is 0.190. The molecule has 7 heteroatoms. The van der Waals surface area contributed by atoms with Gasteiger partial charge in [0.05, 0.1) is 6.04 Å². The summed E-state index contributed by atoms with van der Waals surface area (Å²) in [7, 11) is 2.06. The van der Waals surface area contributed by atoms with Crippen molar-refractivity contribution in [3.8, 4) is 0 Å². The topological polar surface area (TPSA) is 54.2 Å². The third-order valence-electron chi connectivity index (χ3n) is 3.91. The number of piperazine rings is 1. The van der Waals surface area contributed by atoms with E-state index in [-0.39, 0.29) is 24.3 Å². The van der Waals surface area contributed by atoms with Crippen LogP contribution in [0.2, 0.25) is 0 Å². The Kier molecular flexibility index (Phi) is 5.87. The van der Waals surface area contributed by atoms with Crippen LogP contribution in [-0.4, -0.2) is 41.7 Å². The van der Waals surface area contributed by atoms with E-state index in [0.717, 1.165) is 30.8 Å². The zero-order valence-electron chi connectivity index (χ0n) is 13.1. The van der Waals surface area contributed by atoms with Crippen LogP contribution in [0.25, 0.3) is 11.6 Å². The van der Waals surface area contributed by atoms with Crippen molar-refractivity contribution >= 4 is 24.1 Å². The van der Waals surface area contributed by atoms with Gasteiger partial charge in [0.1, 0.15) is 5.82 Å². The Balaban J connectivity index is 0.00000192. The maximum Gasteiger partial charge on any atom is 0.250 e. The van der Waals surface area contributed by atoms with E-state index in [1.807, 2.05) is 13.0 Å². The highest BCUT2D eigenvalue weighted by molar-refractivity contribution is 5.85. The number of benzene rings is 1. The van der Waals surface area contributed by atoms with E-state index in [0.29, 0.717) is 11.7 Å². The molecule has 1 saturated heterocycles. The summed E-state index contributed by atoms with van der Waals surface area (Å²) in [5, 5.41) is 7.41. The monoisotopic (exact) mass is 338 g/mol. The second kappa shape index (κ2) is 7.68. The summed E-state index contributed by atoms with van der Waals surface area (Å²) in [6.45, 7) is 4.68. The Morgan fingerprint density at radius 1 is 1.39 bits per heavy atom. The molecule has 0 aliphatic carbocycles. The molecule has 2 heterocycles. The second-order valence-corrected chi connectivity index (χ2v) is 5.53. The highest BCUT2D eigenvalue weighted by Gasteiger charge is 2.24. The van der Waals surface area contributed by atoms with Crippen LogP contribution in [0.3, 0.4) is 0 Å². The van der Waals surface area contributed by atoms with E-state index in [1.54, 1.807) is 12.1 Å². The fraction of sp³-hybridized carbons (Fsp3) is 0.375. The predicted octanol–water partition coefficient (Wildman–Crippen LogP) is 2.77. The van der Waals surface area contributed by atoms with Crippen molar-refractivity contribution in [2.75, 3.05) is 26.7 Å². The van der Waals surface area contributed by atoms with E-state index in [2.05, 4.69) is 27.4 Å². The number of allylic oxidation sites excluding steroid dienone is 1. The van der Waals surface area contributed by atoms with E-state index in [9.17, 15) is 4.39 Å². The molecule has 1 aromatic carbocycles. The van der Waals surface area contributed by atoms with Crippen LogP contribution in [0, 0.1) is 5.82 Å². The van der Waals surface area contributed by atoms with Gasteiger partial charge in [-0.2, -0.15) is 4.98 Å². The Morgan fingerprint density at radius 2 is 2.13 bits per heavy atom. The normalized spacial score (nSPS) is 19.4. The smallest absolute Gasteiger partial charge is 0.250 e. The largest absolute Gasteiger partial charge is 0.335 e. The van der Waals surface area contributed by atoms with Crippen molar-refractivity contribution in [1.29, 1.82) is 0 Å². The average molecular weight is 339 g/mol. The Morgan fingerprint density at radius 3 is 2.83 bits per heavy atom. The van der Waals surface area contributed by atoms with Gasteiger partial charge in [-0.25, -0.2) is 4.39 Å². The number of hydrogen-bond donors (Lipinski definition) is 1. The second-order valence-electron chi connectivity index (χ2n) is 5.53. The van der Waals surface area contributed by atoms with E-state index in [4.69, 9.17) is 4.52 Å². The lowest BCUT2D eigenvalue weighted by Crippen LogP contribution is -2.44. The molecule has 3 rings (SSSR count). The van der Waals surface area contributed by atoms with E-state index < -0.39 is 0 Å². The highest BCUT2D eigenvalue weighted by Crippen LogP contribution is 2.20. The molecule has 23 heavy (non-hydrogen) atoms.